The molecule has 3 heteroatoms. The van der Waals surface area contributed by atoms with E-state index in [2.05, 4.69) is 140 Å². The van der Waals surface area contributed by atoms with E-state index in [1.165, 1.54) is 38.2 Å². The molecule has 0 aliphatic carbocycles. The smallest absolute Gasteiger partial charge is 0.160 e. The highest BCUT2D eigenvalue weighted by Gasteiger charge is 2.17. The summed E-state index contributed by atoms with van der Waals surface area (Å²) in [5.41, 5.74) is 11.2. The maximum atomic E-state index is 6.25. The Balaban J connectivity index is 1.18. The van der Waals surface area contributed by atoms with Crippen LogP contribution in [0.2, 0.25) is 0 Å². The molecule has 0 spiro atoms. The van der Waals surface area contributed by atoms with Crippen LogP contribution in [0.15, 0.2) is 196 Å². The second kappa shape index (κ2) is 13.7. The fourth-order valence-corrected chi connectivity index (χ4v) is 7.49. The minimum atomic E-state index is 0.643. The third-order valence-corrected chi connectivity index (χ3v) is 10.1. The summed E-state index contributed by atoms with van der Waals surface area (Å²) in [4.78, 5) is 10.4. The Morgan fingerprint density at radius 2 is 0.925 bits per heavy atom. The van der Waals surface area contributed by atoms with Gasteiger partial charge in [-0.05, 0) is 81.4 Å². The molecule has 53 heavy (non-hydrogen) atoms. The number of benzene rings is 8. The highest BCUT2D eigenvalue weighted by atomic mass is 16.3. The maximum absolute atomic E-state index is 6.25. The molecule has 252 valence electrons. The monoisotopic (exact) mass is 680 g/mol. The van der Waals surface area contributed by atoms with Crippen molar-refractivity contribution in [3.63, 3.8) is 0 Å². The highest BCUT2D eigenvalue weighted by Crippen LogP contribution is 2.43. The van der Waals surface area contributed by atoms with Crippen molar-refractivity contribution in [3.05, 3.63) is 199 Å². The van der Waals surface area contributed by atoms with E-state index in [1.807, 2.05) is 56.3 Å². The third kappa shape index (κ3) is 5.92. The molecule has 1 aromatic heterocycles. The molecule has 9 rings (SSSR count). The van der Waals surface area contributed by atoms with Crippen molar-refractivity contribution >= 4 is 60.7 Å². The van der Waals surface area contributed by atoms with Crippen LogP contribution in [0.5, 0.6) is 0 Å². The first-order chi connectivity index (χ1) is 26.2. The summed E-state index contributed by atoms with van der Waals surface area (Å²) < 4.78 is 6.25. The first-order valence-electron chi connectivity index (χ1n) is 18.0. The van der Waals surface area contributed by atoms with Crippen LogP contribution in [0.4, 0.5) is 0 Å². The number of allylic oxidation sites excluding steroid dienone is 1. The number of hydrogen-bond acceptors (Lipinski definition) is 2. The number of amidine groups is 1. The summed E-state index contributed by atoms with van der Waals surface area (Å²) >= 11 is 0. The minimum absolute atomic E-state index is 0.643. The number of nitrogens with zero attached hydrogens (tertiary/aromatic N) is 2. The van der Waals surface area contributed by atoms with Crippen LogP contribution < -0.4 is 0 Å². The van der Waals surface area contributed by atoms with Crippen LogP contribution in [0, 0.1) is 0 Å². The molecular formula is C50H36N2O. The van der Waals surface area contributed by atoms with Crippen molar-refractivity contribution in [2.75, 3.05) is 0 Å². The molecular weight excluding hydrogens is 645 g/mol. The van der Waals surface area contributed by atoms with Gasteiger partial charge in [0.05, 0.1) is 5.70 Å². The van der Waals surface area contributed by atoms with Gasteiger partial charge in [0.25, 0.3) is 0 Å². The molecule has 0 fully saturated rings. The predicted octanol–water partition coefficient (Wildman–Crippen LogP) is 13.5. The van der Waals surface area contributed by atoms with Gasteiger partial charge in [-0.15, -0.1) is 0 Å². The lowest BCUT2D eigenvalue weighted by atomic mass is 9.86. The Labute approximate surface area is 308 Å². The van der Waals surface area contributed by atoms with Gasteiger partial charge in [0.1, 0.15) is 11.2 Å². The lowest BCUT2D eigenvalue weighted by Gasteiger charge is -2.18. The van der Waals surface area contributed by atoms with Crippen molar-refractivity contribution in [2.24, 2.45) is 9.98 Å². The molecule has 0 aliphatic heterocycles. The minimum Gasteiger partial charge on any atom is -0.456 e. The predicted molar refractivity (Wildman–Crippen MR) is 225 cm³/mol. The largest absolute Gasteiger partial charge is 0.456 e. The topological polar surface area (TPSA) is 37.9 Å². The van der Waals surface area contributed by atoms with Gasteiger partial charge in [-0.3, -0.25) is 0 Å². The van der Waals surface area contributed by atoms with E-state index < -0.39 is 0 Å². The zero-order valence-electron chi connectivity index (χ0n) is 29.6. The van der Waals surface area contributed by atoms with Gasteiger partial charge in [0.2, 0.25) is 0 Å². The van der Waals surface area contributed by atoms with Gasteiger partial charge in [-0.1, -0.05) is 164 Å². The van der Waals surface area contributed by atoms with Crippen LogP contribution in [-0.2, 0) is 0 Å². The molecule has 0 radical (unpaired) electrons. The van der Waals surface area contributed by atoms with Crippen LogP contribution in [0.25, 0.3) is 71.4 Å². The second-order valence-electron chi connectivity index (χ2n) is 13.3. The Morgan fingerprint density at radius 3 is 1.53 bits per heavy atom. The molecule has 0 atom stereocenters. The van der Waals surface area contributed by atoms with E-state index in [0.29, 0.717) is 5.84 Å². The normalized spacial score (nSPS) is 12.7. The number of hydrogen-bond donors (Lipinski definition) is 0. The fourth-order valence-electron chi connectivity index (χ4n) is 7.49. The van der Waals surface area contributed by atoms with Crippen LogP contribution in [0.1, 0.15) is 30.5 Å². The van der Waals surface area contributed by atoms with E-state index in [0.717, 1.165) is 55.6 Å². The molecule has 9 aromatic rings. The zero-order valence-corrected chi connectivity index (χ0v) is 29.6. The van der Waals surface area contributed by atoms with E-state index in [9.17, 15) is 0 Å². The fraction of sp³-hybridized carbons (Fsp3) is 0.0400. The van der Waals surface area contributed by atoms with E-state index in [1.54, 1.807) is 0 Å². The van der Waals surface area contributed by atoms with Crippen molar-refractivity contribution in [1.82, 2.24) is 0 Å². The number of aliphatic imine (C=N–C) groups is 2. The Morgan fingerprint density at radius 1 is 0.434 bits per heavy atom. The Bertz CT molecular complexity index is 2820. The molecule has 0 aliphatic rings. The van der Waals surface area contributed by atoms with Crippen molar-refractivity contribution in [1.29, 1.82) is 0 Å². The zero-order chi connectivity index (χ0) is 35.7. The molecule has 8 aromatic carbocycles. The van der Waals surface area contributed by atoms with Gasteiger partial charge in [-0.2, -0.15) is 0 Å². The average molecular weight is 681 g/mol. The lowest BCUT2D eigenvalue weighted by molar-refractivity contribution is 0.669. The molecule has 0 bridgehead atoms. The first kappa shape index (κ1) is 32.1. The third-order valence-electron chi connectivity index (χ3n) is 10.1. The van der Waals surface area contributed by atoms with Gasteiger partial charge < -0.3 is 4.42 Å². The lowest BCUT2D eigenvalue weighted by Crippen LogP contribution is -2.04. The van der Waals surface area contributed by atoms with E-state index >= 15 is 0 Å². The summed E-state index contributed by atoms with van der Waals surface area (Å²) in [5, 5.41) is 7.12. The molecule has 0 N–H and O–H groups in total. The number of fused-ring (bicyclic) bond motifs is 5. The Kier molecular flexibility index (Phi) is 8.30. The number of para-hydroxylation sites is 1. The van der Waals surface area contributed by atoms with Gasteiger partial charge in [0.15, 0.2) is 5.84 Å². The van der Waals surface area contributed by atoms with Gasteiger partial charge in [-0.25, -0.2) is 9.98 Å². The molecule has 0 saturated carbocycles. The molecule has 3 nitrogen and oxygen atoms in total. The quantitative estimate of drug-likeness (QED) is 0.0978. The van der Waals surface area contributed by atoms with Crippen molar-refractivity contribution in [3.8, 4) is 22.3 Å². The summed E-state index contributed by atoms with van der Waals surface area (Å²) in [5.74, 6) is 0.643. The van der Waals surface area contributed by atoms with Crippen molar-refractivity contribution in [2.45, 2.75) is 13.8 Å². The molecule has 0 saturated heterocycles. The Hall–Kier alpha value is -6.84. The molecule has 1 heterocycles. The second-order valence-corrected chi connectivity index (χ2v) is 13.3. The first-order valence-corrected chi connectivity index (χ1v) is 18.0. The van der Waals surface area contributed by atoms with Crippen LogP contribution in [-0.4, -0.2) is 11.5 Å². The SMILES string of the molecule is C/C=C(\N=C(N=C(C)c1ccccc1)c1ccc(-c2c3ccccc3c(-c3ccccc3)c3ccccc23)cc1)c1ccc2c(c1)oc1ccccc12. The van der Waals surface area contributed by atoms with Crippen molar-refractivity contribution < 1.29 is 4.42 Å². The summed E-state index contributed by atoms with van der Waals surface area (Å²) in [6.45, 7) is 4.06. The average Bonchev–Trinajstić information content (AvgIpc) is 3.60. The standard InChI is InChI=1S/C50H36N2O/c1-3-45(38-30-31-40-39-20-14-15-25-46(39)53-47(40)32-38)52-50(51-33(2)34-16-6-4-7-17-34)37-28-26-36(27-29-37)49-43-23-12-10-21-41(43)48(35-18-8-5-9-19-35)42-22-11-13-24-44(42)49/h3-32H,1-2H3/b45-3-,51-33?,52-50?. The van der Waals surface area contributed by atoms with Crippen LogP contribution in [0.3, 0.4) is 0 Å². The summed E-state index contributed by atoms with van der Waals surface area (Å²) in [7, 11) is 0. The van der Waals surface area contributed by atoms with E-state index in [4.69, 9.17) is 14.4 Å². The van der Waals surface area contributed by atoms with Gasteiger partial charge >= 0.3 is 0 Å². The maximum Gasteiger partial charge on any atom is 0.160 e. The summed E-state index contributed by atoms with van der Waals surface area (Å²) in [6.07, 6.45) is 2.04. The van der Waals surface area contributed by atoms with E-state index in [-0.39, 0.29) is 0 Å². The number of furan rings is 1. The number of rotatable bonds is 6. The molecule has 0 unspecified atom stereocenters. The molecule has 0 amide bonds. The van der Waals surface area contributed by atoms with Crippen LogP contribution >= 0.6 is 0 Å². The van der Waals surface area contributed by atoms with Gasteiger partial charge in [0, 0.05) is 27.6 Å². The summed E-state index contributed by atoms with van der Waals surface area (Å²) in [6, 6.07) is 61.7. The highest BCUT2D eigenvalue weighted by molar-refractivity contribution is 6.21.